The third kappa shape index (κ3) is 6.18. The van der Waals surface area contributed by atoms with E-state index in [1.165, 1.54) is 0 Å². The normalized spacial score (nSPS) is 11.5. The molecule has 0 bridgehead atoms. The van der Waals surface area contributed by atoms with Crippen molar-refractivity contribution in [3.63, 3.8) is 0 Å². The van der Waals surface area contributed by atoms with Gasteiger partial charge >= 0.3 is 19.5 Å². The summed E-state index contributed by atoms with van der Waals surface area (Å²) in [6, 6.07) is 7.82. The molecule has 0 atom stereocenters. The van der Waals surface area contributed by atoms with E-state index in [-0.39, 0.29) is 25.2 Å². The van der Waals surface area contributed by atoms with Gasteiger partial charge in [0.25, 0.3) is 0 Å². The largest absolute Gasteiger partial charge is 2.00 e. The summed E-state index contributed by atoms with van der Waals surface area (Å²) in [6.07, 6.45) is 7.33. The van der Waals surface area contributed by atoms with Crippen molar-refractivity contribution in [2.45, 2.75) is 13.8 Å². The van der Waals surface area contributed by atoms with Gasteiger partial charge in [-0.05, 0) is 12.5 Å². The quantitative estimate of drug-likeness (QED) is 0.477. The third-order valence-corrected chi connectivity index (χ3v) is 2.01. The molecule has 0 heterocycles. The molecule has 2 rings (SSSR count). The maximum Gasteiger partial charge on any atom is 2.00 e. The second-order valence-corrected chi connectivity index (χ2v) is 3.28. The molecule has 1 aliphatic rings. The minimum atomic E-state index is 0. The molecule has 0 spiro atoms. The predicted molar refractivity (Wildman–Crippen MR) is 64.2 cm³/mol. The zero-order valence-corrected chi connectivity index (χ0v) is 11.7. The van der Waals surface area contributed by atoms with E-state index in [0.717, 1.165) is 17.9 Å². The fraction of sp³-hybridized carbons (Fsp3) is 0.214. The predicted octanol–water partition coefficient (Wildman–Crippen LogP) is 2.55. The Morgan fingerprint density at radius 3 is 2.35 bits per heavy atom. The van der Waals surface area contributed by atoms with Crippen LogP contribution in [0, 0.1) is 0 Å². The second kappa shape index (κ2) is 8.89. The van der Waals surface area contributed by atoms with E-state index in [1.54, 1.807) is 6.92 Å². The van der Waals surface area contributed by atoms with Crippen LogP contribution >= 0.6 is 0 Å². The van der Waals surface area contributed by atoms with E-state index in [1.807, 2.05) is 55.5 Å². The smallest absolute Gasteiger partial charge is 0.875 e. The average Bonchev–Trinajstić information content (AvgIpc) is 2.91. The standard InChI is InChI=1S/C7H8O.C7H9O.Ru/c1-6(8)7-4-2-3-5-7;1-2-8-7-5-3-4-6-7;/h2-5,8H,1H3;3-6H,2H2,1H3;/q;-1;+2/p-1. The van der Waals surface area contributed by atoms with Crippen molar-refractivity contribution in [3.8, 4) is 5.75 Å². The van der Waals surface area contributed by atoms with E-state index < -0.39 is 0 Å². The van der Waals surface area contributed by atoms with Crippen LogP contribution in [0.1, 0.15) is 13.8 Å². The number of ether oxygens (including phenoxy) is 1. The van der Waals surface area contributed by atoms with Crippen LogP contribution in [0.5, 0.6) is 5.75 Å². The first-order valence-electron chi connectivity index (χ1n) is 5.31. The molecule has 17 heavy (non-hydrogen) atoms. The summed E-state index contributed by atoms with van der Waals surface area (Å²) in [5.74, 6) is 1.10. The number of hydrogen-bond acceptors (Lipinski definition) is 2. The van der Waals surface area contributed by atoms with Crippen molar-refractivity contribution in [1.29, 1.82) is 0 Å². The molecule has 1 aromatic rings. The Bertz CT molecular complexity index is 368. The van der Waals surface area contributed by atoms with Crippen molar-refractivity contribution in [2.75, 3.05) is 6.61 Å². The first-order chi connectivity index (χ1) is 7.74. The van der Waals surface area contributed by atoms with Crippen molar-refractivity contribution < 1.29 is 29.3 Å². The van der Waals surface area contributed by atoms with Crippen LogP contribution in [0.3, 0.4) is 0 Å². The zero-order chi connectivity index (χ0) is 11.8. The average molecular weight is 317 g/mol. The van der Waals surface area contributed by atoms with Gasteiger partial charge in [-0.15, -0.1) is 11.8 Å². The summed E-state index contributed by atoms with van der Waals surface area (Å²) in [5, 5.41) is 10.5. The van der Waals surface area contributed by atoms with Crippen LogP contribution in [0.4, 0.5) is 0 Å². The first-order valence-corrected chi connectivity index (χ1v) is 5.31. The maximum atomic E-state index is 10.5. The summed E-state index contributed by atoms with van der Waals surface area (Å²) in [5.41, 5.74) is 0.796. The fourth-order valence-electron chi connectivity index (χ4n) is 1.23. The molecular weight excluding hydrogens is 301 g/mol. The van der Waals surface area contributed by atoms with Gasteiger partial charge in [0.05, 0.1) is 6.61 Å². The maximum absolute atomic E-state index is 10.5. The zero-order valence-electron chi connectivity index (χ0n) is 10.00. The molecule has 0 fully saturated rings. The monoisotopic (exact) mass is 318 g/mol. The summed E-state index contributed by atoms with van der Waals surface area (Å²) >= 11 is 0. The SMILES string of the molecule is CC([O-])=C1C=CC=C1.CCOc1ccc[cH-]1.[Ru+2]. The summed E-state index contributed by atoms with van der Waals surface area (Å²) in [7, 11) is 0. The first kappa shape index (κ1) is 15.8. The second-order valence-electron chi connectivity index (χ2n) is 3.28. The molecule has 0 saturated carbocycles. The van der Waals surface area contributed by atoms with Crippen molar-refractivity contribution >= 4 is 0 Å². The summed E-state index contributed by atoms with van der Waals surface area (Å²) < 4.78 is 5.15. The summed E-state index contributed by atoms with van der Waals surface area (Å²) in [4.78, 5) is 0. The van der Waals surface area contributed by atoms with Crippen molar-refractivity contribution in [1.82, 2.24) is 0 Å². The molecule has 3 heteroatoms. The van der Waals surface area contributed by atoms with E-state index in [9.17, 15) is 5.11 Å². The van der Waals surface area contributed by atoms with Crippen LogP contribution in [-0.2, 0) is 19.5 Å². The van der Waals surface area contributed by atoms with E-state index in [4.69, 9.17) is 4.74 Å². The van der Waals surface area contributed by atoms with Gasteiger partial charge in [0.1, 0.15) is 0 Å². The molecule has 0 aliphatic heterocycles. The Balaban J connectivity index is 0.000000284. The molecule has 1 aliphatic carbocycles. The topological polar surface area (TPSA) is 32.3 Å². The summed E-state index contributed by atoms with van der Waals surface area (Å²) in [6.45, 7) is 4.30. The Labute approximate surface area is 115 Å². The van der Waals surface area contributed by atoms with E-state index in [2.05, 4.69) is 0 Å². The molecule has 0 saturated heterocycles. The fourth-order valence-corrected chi connectivity index (χ4v) is 1.23. The number of hydrogen-bond donors (Lipinski definition) is 0. The molecule has 0 N–H and O–H groups in total. The number of allylic oxidation sites excluding steroid dienone is 6. The van der Waals surface area contributed by atoms with E-state index in [0.29, 0.717) is 0 Å². The molecule has 92 valence electrons. The molecule has 0 aromatic heterocycles. The Morgan fingerprint density at radius 1 is 1.35 bits per heavy atom. The molecular formula is C14H16O2Ru. The van der Waals surface area contributed by atoms with Gasteiger partial charge in [-0.25, -0.2) is 6.07 Å². The Hall–Kier alpha value is -1.21. The van der Waals surface area contributed by atoms with Crippen LogP contribution in [0.25, 0.3) is 0 Å². The van der Waals surface area contributed by atoms with Crippen molar-refractivity contribution in [3.05, 3.63) is 59.9 Å². The number of rotatable bonds is 2. The van der Waals surface area contributed by atoms with Crippen LogP contribution in [0.2, 0.25) is 0 Å². The minimum Gasteiger partial charge on any atom is -0.875 e. The Morgan fingerprint density at radius 2 is 2.00 bits per heavy atom. The van der Waals surface area contributed by atoms with Gasteiger partial charge in [0, 0.05) is 5.75 Å². The molecule has 0 unspecified atom stereocenters. The van der Waals surface area contributed by atoms with Gasteiger partial charge in [-0.1, -0.05) is 31.2 Å². The van der Waals surface area contributed by atoms with E-state index >= 15 is 0 Å². The van der Waals surface area contributed by atoms with Gasteiger partial charge in [-0.3, -0.25) is 0 Å². The molecule has 1 aromatic carbocycles. The third-order valence-electron chi connectivity index (χ3n) is 2.01. The minimum absolute atomic E-state index is 0. The van der Waals surface area contributed by atoms with Gasteiger partial charge in [0.15, 0.2) is 0 Å². The van der Waals surface area contributed by atoms with Gasteiger partial charge in [-0.2, -0.15) is 12.1 Å². The van der Waals surface area contributed by atoms with Crippen LogP contribution in [-0.4, -0.2) is 6.61 Å². The molecule has 2 nitrogen and oxygen atoms in total. The van der Waals surface area contributed by atoms with Crippen LogP contribution in [0.15, 0.2) is 59.9 Å². The molecule has 0 radical (unpaired) electrons. The van der Waals surface area contributed by atoms with Gasteiger partial charge < -0.3 is 9.84 Å². The molecule has 0 amide bonds. The Kier molecular flexibility index (Phi) is 8.26. The van der Waals surface area contributed by atoms with Crippen molar-refractivity contribution in [2.24, 2.45) is 0 Å². The van der Waals surface area contributed by atoms with Gasteiger partial charge in [0.2, 0.25) is 0 Å². The van der Waals surface area contributed by atoms with Crippen LogP contribution < -0.4 is 9.84 Å².